The summed E-state index contributed by atoms with van der Waals surface area (Å²) in [6.07, 6.45) is -0.153. The van der Waals surface area contributed by atoms with Gasteiger partial charge in [-0.15, -0.1) is 0 Å². The quantitative estimate of drug-likeness (QED) is 0.620. The van der Waals surface area contributed by atoms with Crippen LogP contribution in [0.15, 0.2) is 53.1 Å². The molecule has 1 saturated heterocycles. The van der Waals surface area contributed by atoms with E-state index in [4.69, 9.17) is 14.0 Å². The van der Waals surface area contributed by atoms with Gasteiger partial charge in [0, 0.05) is 11.4 Å². The van der Waals surface area contributed by atoms with Gasteiger partial charge >= 0.3 is 6.09 Å². The summed E-state index contributed by atoms with van der Waals surface area (Å²) in [5.41, 5.74) is 3.94. The highest BCUT2D eigenvalue weighted by Gasteiger charge is 2.23. The standard InChI is InChI=1S/C23H23N3O5/c1-15-21(16(2)31-25-15)14-30-20-8-6-17(7-9-20)12-22(27)24-18-4-3-5-19(13-18)26-10-11-29-23(26)28/h3-9,13H,10-12,14H2,1-2H3,(H,24,27). The SMILES string of the molecule is Cc1noc(C)c1COc1ccc(CC(=O)Nc2cccc(N3CCOC3=O)c2)cc1. The third kappa shape index (κ3) is 4.85. The third-order valence-electron chi connectivity index (χ3n) is 5.05. The lowest BCUT2D eigenvalue weighted by molar-refractivity contribution is -0.115. The largest absolute Gasteiger partial charge is 0.489 e. The lowest BCUT2D eigenvalue weighted by Crippen LogP contribution is -2.23. The van der Waals surface area contributed by atoms with Gasteiger partial charge in [0.05, 0.1) is 24.2 Å². The number of hydrogen-bond donors (Lipinski definition) is 1. The summed E-state index contributed by atoms with van der Waals surface area (Å²) in [6, 6.07) is 14.5. The van der Waals surface area contributed by atoms with E-state index in [1.54, 1.807) is 18.2 Å². The van der Waals surface area contributed by atoms with Gasteiger partial charge < -0.3 is 19.3 Å². The molecule has 2 amide bonds. The van der Waals surface area contributed by atoms with Crippen LogP contribution in [-0.2, 0) is 22.6 Å². The van der Waals surface area contributed by atoms with E-state index >= 15 is 0 Å². The Balaban J connectivity index is 1.32. The number of aryl methyl sites for hydroxylation is 2. The van der Waals surface area contributed by atoms with Gasteiger partial charge in [0.2, 0.25) is 5.91 Å². The van der Waals surface area contributed by atoms with Crippen molar-refractivity contribution in [2.75, 3.05) is 23.4 Å². The first-order valence-electron chi connectivity index (χ1n) is 9.97. The van der Waals surface area contributed by atoms with Crippen molar-refractivity contribution in [1.29, 1.82) is 0 Å². The van der Waals surface area contributed by atoms with Crippen LogP contribution in [-0.4, -0.2) is 30.3 Å². The van der Waals surface area contributed by atoms with Gasteiger partial charge in [-0.3, -0.25) is 9.69 Å². The summed E-state index contributed by atoms with van der Waals surface area (Å²) in [5.74, 6) is 1.30. The van der Waals surface area contributed by atoms with Gasteiger partial charge in [-0.1, -0.05) is 23.4 Å². The Morgan fingerprint density at radius 1 is 1.19 bits per heavy atom. The molecule has 8 heteroatoms. The molecular weight excluding hydrogens is 398 g/mol. The zero-order valence-electron chi connectivity index (χ0n) is 17.4. The van der Waals surface area contributed by atoms with E-state index in [1.807, 2.05) is 44.2 Å². The number of amides is 2. The molecule has 1 aliphatic rings. The summed E-state index contributed by atoms with van der Waals surface area (Å²) in [5, 5.41) is 6.79. The van der Waals surface area contributed by atoms with Crippen LogP contribution in [0.5, 0.6) is 5.75 Å². The van der Waals surface area contributed by atoms with Gasteiger partial charge in [0.15, 0.2) is 0 Å². The molecule has 160 valence electrons. The van der Waals surface area contributed by atoms with E-state index in [2.05, 4.69) is 10.5 Å². The van der Waals surface area contributed by atoms with Crippen molar-refractivity contribution >= 4 is 23.4 Å². The number of ether oxygens (including phenoxy) is 2. The second-order valence-electron chi connectivity index (χ2n) is 7.28. The van der Waals surface area contributed by atoms with Crippen LogP contribution < -0.4 is 15.0 Å². The molecule has 2 aromatic carbocycles. The number of aromatic nitrogens is 1. The minimum atomic E-state index is -0.375. The number of carbonyl (C=O) groups is 2. The highest BCUT2D eigenvalue weighted by atomic mass is 16.6. The molecule has 3 aromatic rings. The normalized spacial score (nSPS) is 13.2. The molecule has 0 spiro atoms. The first-order valence-corrected chi connectivity index (χ1v) is 9.97. The second-order valence-corrected chi connectivity index (χ2v) is 7.28. The first-order chi connectivity index (χ1) is 15.0. The monoisotopic (exact) mass is 421 g/mol. The van der Waals surface area contributed by atoms with Crippen molar-refractivity contribution in [3.63, 3.8) is 0 Å². The van der Waals surface area contributed by atoms with Crippen molar-refractivity contribution in [3.05, 3.63) is 71.1 Å². The lowest BCUT2D eigenvalue weighted by atomic mass is 10.1. The lowest BCUT2D eigenvalue weighted by Gasteiger charge is -2.14. The predicted molar refractivity (Wildman–Crippen MR) is 114 cm³/mol. The average Bonchev–Trinajstić information content (AvgIpc) is 3.32. The number of anilines is 2. The van der Waals surface area contributed by atoms with E-state index < -0.39 is 0 Å². The highest BCUT2D eigenvalue weighted by Crippen LogP contribution is 2.23. The Labute approximate surface area is 179 Å². The van der Waals surface area contributed by atoms with E-state index in [0.29, 0.717) is 36.9 Å². The molecule has 0 bridgehead atoms. The molecule has 2 heterocycles. The molecule has 31 heavy (non-hydrogen) atoms. The molecule has 1 aromatic heterocycles. The van der Waals surface area contributed by atoms with E-state index in [0.717, 1.165) is 22.6 Å². The van der Waals surface area contributed by atoms with Crippen LogP contribution in [0.25, 0.3) is 0 Å². The maximum Gasteiger partial charge on any atom is 0.414 e. The first kappa shape index (κ1) is 20.5. The van der Waals surface area contributed by atoms with Crippen LogP contribution in [0.3, 0.4) is 0 Å². The van der Waals surface area contributed by atoms with Crippen LogP contribution in [0, 0.1) is 13.8 Å². The van der Waals surface area contributed by atoms with Crippen LogP contribution >= 0.6 is 0 Å². The minimum absolute atomic E-state index is 0.148. The maximum absolute atomic E-state index is 12.5. The van der Waals surface area contributed by atoms with Crippen LogP contribution in [0.4, 0.5) is 16.2 Å². The number of cyclic esters (lactones) is 1. The Bertz CT molecular complexity index is 1070. The van der Waals surface area contributed by atoms with Crippen molar-refractivity contribution in [1.82, 2.24) is 5.16 Å². The van der Waals surface area contributed by atoms with Crippen molar-refractivity contribution in [2.45, 2.75) is 26.9 Å². The van der Waals surface area contributed by atoms with Gasteiger partial charge in [0.1, 0.15) is 24.7 Å². The smallest absolute Gasteiger partial charge is 0.414 e. The number of nitrogens with zero attached hydrogens (tertiary/aromatic N) is 2. The third-order valence-corrected chi connectivity index (χ3v) is 5.05. The number of carbonyl (C=O) groups excluding carboxylic acids is 2. The molecule has 0 radical (unpaired) electrons. The Morgan fingerprint density at radius 2 is 2.00 bits per heavy atom. The number of nitrogens with one attached hydrogen (secondary N) is 1. The van der Waals surface area contributed by atoms with E-state index in [-0.39, 0.29) is 18.4 Å². The summed E-state index contributed by atoms with van der Waals surface area (Å²) in [6.45, 7) is 4.98. The molecule has 1 fully saturated rings. The fourth-order valence-corrected chi connectivity index (χ4v) is 3.34. The van der Waals surface area contributed by atoms with Gasteiger partial charge in [-0.25, -0.2) is 4.79 Å². The van der Waals surface area contributed by atoms with E-state index in [9.17, 15) is 9.59 Å². The predicted octanol–water partition coefficient (Wildman–Crippen LogP) is 4.01. The highest BCUT2D eigenvalue weighted by molar-refractivity contribution is 5.94. The van der Waals surface area contributed by atoms with Crippen LogP contribution in [0.2, 0.25) is 0 Å². The van der Waals surface area contributed by atoms with Crippen molar-refractivity contribution in [2.24, 2.45) is 0 Å². The minimum Gasteiger partial charge on any atom is -0.489 e. The molecule has 0 atom stereocenters. The molecule has 0 saturated carbocycles. The summed E-state index contributed by atoms with van der Waals surface area (Å²) in [4.78, 5) is 25.7. The fraction of sp³-hybridized carbons (Fsp3) is 0.261. The van der Waals surface area contributed by atoms with Gasteiger partial charge in [-0.05, 0) is 49.7 Å². The Morgan fingerprint density at radius 3 is 2.68 bits per heavy atom. The molecule has 8 nitrogen and oxygen atoms in total. The Kier molecular flexibility index (Phi) is 5.88. The number of hydrogen-bond acceptors (Lipinski definition) is 6. The van der Waals surface area contributed by atoms with Crippen molar-refractivity contribution in [3.8, 4) is 5.75 Å². The summed E-state index contributed by atoms with van der Waals surface area (Å²) >= 11 is 0. The molecule has 0 unspecified atom stereocenters. The molecule has 0 aliphatic carbocycles. The Hall–Kier alpha value is -3.81. The zero-order valence-corrected chi connectivity index (χ0v) is 17.4. The molecule has 1 N–H and O–H groups in total. The average molecular weight is 421 g/mol. The zero-order chi connectivity index (χ0) is 21.8. The topological polar surface area (TPSA) is 93.9 Å². The maximum atomic E-state index is 12.5. The number of benzene rings is 2. The second kappa shape index (κ2) is 8.91. The van der Waals surface area contributed by atoms with Crippen molar-refractivity contribution < 1.29 is 23.6 Å². The van der Waals surface area contributed by atoms with Gasteiger partial charge in [0.25, 0.3) is 0 Å². The molecule has 4 rings (SSSR count). The van der Waals surface area contributed by atoms with E-state index in [1.165, 1.54) is 4.90 Å². The fourth-order valence-electron chi connectivity index (χ4n) is 3.34. The number of rotatable bonds is 7. The summed E-state index contributed by atoms with van der Waals surface area (Å²) in [7, 11) is 0. The summed E-state index contributed by atoms with van der Waals surface area (Å²) < 4.78 is 15.9. The molecular formula is C23H23N3O5. The molecule has 1 aliphatic heterocycles. The van der Waals surface area contributed by atoms with Crippen LogP contribution in [0.1, 0.15) is 22.6 Å². The van der Waals surface area contributed by atoms with Gasteiger partial charge in [-0.2, -0.15) is 0 Å².